The largest absolute Gasteiger partial charge is 0.494 e. The van der Waals surface area contributed by atoms with E-state index in [1.54, 1.807) is 10.8 Å². The molecule has 2 aromatic carbocycles. The van der Waals surface area contributed by atoms with E-state index in [2.05, 4.69) is 0 Å². The average molecular weight is 526 g/mol. The van der Waals surface area contributed by atoms with E-state index < -0.39 is 15.9 Å². The van der Waals surface area contributed by atoms with Crippen molar-refractivity contribution in [3.63, 3.8) is 0 Å². The second-order valence-electron chi connectivity index (χ2n) is 8.28. The molecule has 3 aromatic rings. The van der Waals surface area contributed by atoms with Crippen LogP contribution in [0.5, 0.6) is 5.75 Å². The lowest BCUT2D eigenvalue weighted by Crippen LogP contribution is -2.39. The van der Waals surface area contributed by atoms with Crippen LogP contribution in [0, 0.1) is 0 Å². The summed E-state index contributed by atoms with van der Waals surface area (Å²) < 4.78 is 31.7. The number of hydrogen-bond donors (Lipinski definition) is 0. The van der Waals surface area contributed by atoms with Crippen molar-refractivity contribution in [2.45, 2.75) is 19.4 Å². The van der Waals surface area contributed by atoms with Gasteiger partial charge in [-0.2, -0.15) is 5.10 Å². The van der Waals surface area contributed by atoms with Crippen molar-refractivity contribution in [3.05, 3.63) is 71.3 Å². The second-order valence-corrected chi connectivity index (χ2v) is 12.2. The normalized spacial score (nSPS) is 20.7. The van der Waals surface area contributed by atoms with Gasteiger partial charge in [0.1, 0.15) is 10.1 Å². The van der Waals surface area contributed by atoms with Crippen LogP contribution in [0.1, 0.15) is 18.9 Å². The first-order chi connectivity index (χ1) is 16.8. The Morgan fingerprint density at radius 2 is 1.91 bits per heavy atom. The molecule has 0 radical (unpaired) electrons. The quantitative estimate of drug-likeness (QED) is 0.350. The average Bonchev–Trinajstić information content (AvgIpc) is 3.50. The van der Waals surface area contributed by atoms with Gasteiger partial charge >= 0.3 is 0 Å². The molecule has 10 heteroatoms. The van der Waals surface area contributed by atoms with Gasteiger partial charge in [0, 0.05) is 17.3 Å². The van der Waals surface area contributed by atoms with Crippen molar-refractivity contribution in [3.8, 4) is 22.7 Å². The van der Waals surface area contributed by atoms with Crippen LogP contribution in [-0.4, -0.2) is 57.5 Å². The molecular formula is C25H23N3O4S3. The van der Waals surface area contributed by atoms with E-state index in [9.17, 15) is 13.2 Å². The van der Waals surface area contributed by atoms with Gasteiger partial charge in [0.05, 0.1) is 40.4 Å². The number of para-hydroxylation sites is 1. The number of aromatic nitrogens is 2. The highest BCUT2D eigenvalue weighted by atomic mass is 32.2. The van der Waals surface area contributed by atoms with Crippen molar-refractivity contribution in [1.82, 2.24) is 14.7 Å². The number of ether oxygens (including phenoxy) is 1. The molecule has 1 amide bonds. The van der Waals surface area contributed by atoms with Crippen molar-refractivity contribution in [1.29, 1.82) is 0 Å². The second kappa shape index (κ2) is 9.60. The first-order valence-electron chi connectivity index (χ1n) is 11.2. The van der Waals surface area contributed by atoms with Crippen LogP contribution < -0.4 is 4.74 Å². The summed E-state index contributed by atoms with van der Waals surface area (Å²) in [6.07, 6.45) is 4.08. The van der Waals surface area contributed by atoms with Crippen LogP contribution >= 0.6 is 24.0 Å². The number of amides is 1. The monoisotopic (exact) mass is 525 g/mol. The van der Waals surface area contributed by atoms with Gasteiger partial charge < -0.3 is 4.74 Å². The Labute approximate surface area is 213 Å². The number of sulfone groups is 1. The fourth-order valence-electron chi connectivity index (χ4n) is 4.22. The zero-order valence-electron chi connectivity index (χ0n) is 19.0. The summed E-state index contributed by atoms with van der Waals surface area (Å²) in [7, 11) is -3.14. The van der Waals surface area contributed by atoms with Gasteiger partial charge in [0.25, 0.3) is 5.91 Å². The third-order valence-electron chi connectivity index (χ3n) is 5.89. The number of thioether (sulfide) groups is 1. The summed E-state index contributed by atoms with van der Waals surface area (Å²) in [6, 6.07) is 17.0. The molecule has 2 aliphatic heterocycles. The van der Waals surface area contributed by atoms with Gasteiger partial charge in [0.2, 0.25) is 0 Å². The van der Waals surface area contributed by atoms with Gasteiger partial charge in [-0.25, -0.2) is 13.1 Å². The van der Waals surface area contributed by atoms with E-state index >= 15 is 0 Å². The SMILES string of the molecule is CCOc1ccc(-c2nn(-c3ccccc3)cc2/C=C2/SC(=S)N([C@@H]3CCS(=O)(=O)C3)C2=O)cc1. The Balaban J connectivity index is 1.52. The van der Waals surface area contributed by atoms with Gasteiger partial charge in [-0.05, 0) is 55.8 Å². The minimum absolute atomic E-state index is 0.0455. The maximum absolute atomic E-state index is 13.3. The highest BCUT2D eigenvalue weighted by Gasteiger charge is 2.42. The van der Waals surface area contributed by atoms with E-state index in [0.717, 1.165) is 22.6 Å². The summed E-state index contributed by atoms with van der Waals surface area (Å²) in [4.78, 5) is 15.2. The summed E-state index contributed by atoms with van der Waals surface area (Å²) in [5.41, 5.74) is 3.25. The Bertz CT molecular complexity index is 1410. The predicted octanol–water partition coefficient (Wildman–Crippen LogP) is 4.33. The zero-order chi connectivity index (χ0) is 24.6. The number of benzene rings is 2. The first kappa shape index (κ1) is 23.8. The minimum atomic E-state index is -3.14. The van der Waals surface area contributed by atoms with Crippen molar-refractivity contribution < 1.29 is 17.9 Å². The van der Waals surface area contributed by atoms with Gasteiger partial charge in [-0.3, -0.25) is 9.69 Å². The molecule has 0 bridgehead atoms. The molecule has 180 valence electrons. The number of rotatable bonds is 6. The van der Waals surface area contributed by atoms with Crippen molar-refractivity contribution in [2.75, 3.05) is 18.1 Å². The summed E-state index contributed by atoms with van der Waals surface area (Å²) in [5, 5.41) is 4.81. The van der Waals surface area contributed by atoms with Crippen LogP contribution in [0.4, 0.5) is 0 Å². The highest BCUT2D eigenvalue weighted by Crippen LogP contribution is 2.38. The van der Waals surface area contributed by atoms with Crippen LogP contribution in [0.3, 0.4) is 0 Å². The molecule has 0 unspecified atom stereocenters. The molecule has 3 heterocycles. The number of nitrogens with zero attached hydrogens (tertiary/aromatic N) is 3. The number of hydrogen-bond acceptors (Lipinski definition) is 7. The Morgan fingerprint density at radius 1 is 1.17 bits per heavy atom. The van der Waals surface area contributed by atoms with Crippen LogP contribution in [0.15, 0.2) is 65.7 Å². The lowest BCUT2D eigenvalue weighted by molar-refractivity contribution is -0.123. The van der Waals surface area contributed by atoms with E-state index in [-0.39, 0.29) is 17.4 Å². The maximum Gasteiger partial charge on any atom is 0.266 e. The molecule has 0 spiro atoms. The van der Waals surface area contributed by atoms with Crippen molar-refractivity contribution >= 4 is 50.1 Å². The van der Waals surface area contributed by atoms with Crippen LogP contribution in [0.2, 0.25) is 0 Å². The van der Waals surface area contributed by atoms with E-state index in [1.165, 1.54) is 16.7 Å². The van der Waals surface area contributed by atoms with E-state index in [0.29, 0.717) is 27.9 Å². The Morgan fingerprint density at radius 3 is 2.57 bits per heavy atom. The molecule has 1 atom stereocenters. The maximum atomic E-state index is 13.3. The molecule has 2 saturated heterocycles. The smallest absolute Gasteiger partial charge is 0.266 e. The van der Waals surface area contributed by atoms with E-state index in [4.69, 9.17) is 22.1 Å². The molecule has 0 saturated carbocycles. The number of carbonyl (C=O) groups is 1. The molecule has 35 heavy (non-hydrogen) atoms. The van der Waals surface area contributed by atoms with Gasteiger partial charge in [0.15, 0.2) is 9.84 Å². The Hall–Kier alpha value is -2.95. The molecule has 7 nitrogen and oxygen atoms in total. The van der Waals surface area contributed by atoms with Gasteiger partial charge in [-0.1, -0.05) is 42.2 Å². The fourth-order valence-corrected chi connectivity index (χ4v) is 7.31. The minimum Gasteiger partial charge on any atom is -0.494 e. The third kappa shape index (κ3) is 4.91. The molecule has 1 aromatic heterocycles. The lowest BCUT2D eigenvalue weighted by atomic mass is 10.1. The third-order valence-corrected chi connectivity index (χ3v) is 8.97. The first-order valence-corrected chi connectivity index (χ1v) is 14.2. The molecule has 0 N–H and O–H groups in total. The molecule has 2 aliphatic rings. The standard InChI is InChI=1S/C25H23N3O4S3/c1-2-32-21-10-8-17(9-11-21)23-18(15-27(26-23)19-6-4-3-5-7-19)14-22-24(29)28(25(33)34-22)20-12-13-35(30,31)16-20/h3-11,14-15,20H,2,12-13,16H2,1H3/b22-14+/t20-/m1/s1. The summed E-state index contributed by atoms with van der Waals surface area (Å²) in [6.45, 7) is 2.52. The zero-order valence-corrected chi connectivity index (χ0v) is 21.4. The van der Waals surface area contributed by atoms with E-state index in [1.807, 2.05) is 67.7 Å². The lowest BCUT2D eigenvalue weighted by Gasteiger charge is -2.20. The molecule has 5 rings (SSSR count). The topological polar surface area (TPSA) is 81.5 Å². The van der Waals surface area contributed by atoms with Gasteiger partial charge in [-0.15, -0.1) is 0 Å². The number of carbonyl (C=O) groups excluding carboxylic acids is 1. The number of thiocarbonyl (C=S) groups is 1. The highest BCUT2D eigenvalue weighted by molar-refractivity contribution is 8.26. The van der Waals surface area contributed by atoms with Crippen molar-refractivity contribution in [2.24, 2.45) is 0 Å². The molecule has 0 aliphatic carbocycles. The summed E-state index contributed by atoms with van der Waals surface area (Å²) >= 11 is 6.67. The fraction of sp³-hybridized carbons (Fsp3) is 0.240. The molecular weight excluding hydrogens is 502 g/mol. The van der Waals surface area contributed by atoms with Crippen LogP contribution in [0.25, 0.3) is 23.0 Å². The summed E-state index contributed by atoms with van der Waals surface area (Å²) in [5.74, 6) is 0.551. The predicted molar refractivity (Wildman–Crippen MR) is 142 cm³/mol. The van der Waals surface area contributed by atoms with Crippen LogP contribution in [-0.2, 0) is 14.6 Å². The Kier molecular flexibility index (Phi) is 6.52. The molecule has 2 fully saturated rings.